The molecule has 4 heteroatoms. The molecule has 0 saturated heterocycles. The number of hydrogen-bond donors (Lipinski definition) is 2. The van der Waals surface area contributed by atoms with Crippen LogP contribution < -0.4 is 10.6 Å². The Balaban J connectivity index is 3.87. The number of hydrogen-bond acceptors (Lipinski definition) is 1. The van der Waals surface area contributed by atoms with Crippen molar-refractivity contribution in [2.45, 2.75) is 53.0 Å². The van der Waals surface area contributed by atoms with E-state index >= 15 is 0 Å². The average Bonchev–Trinajstić information content (AvgIpc) is 2.24. The van der Waals surface area contributed by atoms with Crippen LogP contribution >= 0.6 is 0 Å². The fraction of sp³-hybridized carbons (Fsp3) is 0.923. The molecule has 0 aromatic carbocycles. The predicted octanol–water partition coefficient (Wildman–Crippen LogP) is 2.73. The van der Waals surface area contributed by atoms with Crippen LogP contribution in [-0.2, 0) is 0 Å². The Morgan fingerprint density at radius 3 is 2.47 bits per heavy atom. The molecule has 2 N–H and O–H groups in total. The van der Waals surface area contributed by atoms with E-state index in [1.807, 2.05) is 0 Å². The number of nitrogens with zero attached hydrogens (tertiary/aromatic N) is 1. The van der Waals surface area contributed by atoms with Gasteiger partial charge in [0, 0.05) is 19.6 Å². The Morgan fingerprint density at radius 2 is 2.00 bits per heavy atom. The van der Waals surface area contributed by atoms with Gasteiger partial charge in [-0.25, -0.2) is 0 Å². The van der Waals surface area contributed by atoms with Crippen LogP contribution in [0.1, 0.15) is 47.0 Å². The first-order valence-corrected chi connectivity index (χ1v) is 6.42. The molecule has 3 nitrogen and oxygen atoms in total. The van der Waals surface area contributed by atoms with Crippen molar-refractivity contribution in [3.63, 3.8) is 0 Å². The fourth-order valence-electron chi connectivity index (χ4n) is 1.42. The minimum Gasteiger partial charge on any atom is -0.356 e. The molecule has 0 heterocycles. The first-order chi connectivity index (χ1) is 7.89. The summed E-state index contributed by atoms with van der Waals surface area (Å²) in [6.45, 7) is 9.22. The Labute approximate surface area is 105 Å². The maximum Gasteiger partial charge on any atom is 0.191 e. The monoisotopic (exact) mass is 245 g/mol. The van der Waals surface area contributed by atoms with E-state index in [0.29, 0.717) is 24.4 Å². The molecule has 102 valence electrons. The van der Waals surface area contributed by atoms with Crippen molar-refractivity contribution in [3.05, 3.63) is 0 Å². The molecule has 0 aliphatic carbocycles. The van der Waals surface area contributed by atoms with Crippen molar-refractivity contribution >= 4 is 5.96 Å². The quantitative estimate of drug-likeness (QED) is 0.429. The van der Waals surface area contributed by atoms with E-state index in [1.165, 1.54) is 6.42 Å². The van der Waals surface area contributed by atoms with Gasteiger partial charge in [-0.05, 0) is 31.6 Å². The zero-order chi connectivity index (χ0) is 13.3. The molecule has 0 radical (unpaired) electrons. The van der Waals surface area contributed by atoms with Crippen molar-refractivity contribution < 1.29 is 4.39 Å². The maximum absolute atomic E-state index is 12.0. The van der Waals surface area contributed by atoms with Crippen molar-refractivity contribution in [1.29, 1.82) is 0 Å². The van der Waals surface area contributed by atoms with Gasteiger partial charge in [0.1, 0.15) is 0 Å². The van der Waals surface area contributed by atoms with E-state index in [0.717, 1.165) is 12.4 Å². The van der Waals surface area contributed by atoms with E-state index in [-0.39, 0.29) is 6.67 Å². The zero-order valence-electron chi connectivity index (χ0n) is 11.9. The summed E-state index contributed by atoms with van der Waals surface area (Å²) in [7, 11) is 1.74. The Hall–Kier alpha value is -0.800. The lowest BCUT2D eigenvalue weighted by Crippen LogP contribution is -2.42. The Bertz CT molecular complexity index is 221. The van der Waals surface area contributed by atoms with Gasteiger partial charge >= 0.3 is 0 Å². The molecule has 0 aromatic heterocycles. The van der Waals surface area contributed by atoms with Gasteiger partial charge < -0.3 is 10.6 Å². The van der Waals surface area contributed by atoms with Crippen molar-refractivity contribution in [1.82, 2.24) is 10.6 Å². The summed E-state index contributed by atoms with van der Waals surface area (Å²) in [4.78, 5) is 4.12. The molecule has 0 aromatic rings. The van der Waals surface area contributed by atoms with Crippen LogP contribution in [0.2, 0.25) is 0 Å². The molecule has 0 spiro atoms. The number of rotatable bonds is 6. The highest BCUT2D eigenvalue weighted by Crippen LogP contribution is 2.21. The van der Waals surface area contributed by atoms with Crippen LogP contribution in [0.25, 0.3) is 0 Å². The van der Waals surface area contributed by atoms with E-state index in [4.69, 9.17) is 0 Å². The summed E-state index contributed by atoms with van der Waals surface area (Å²) in [6.07, 6.45) is 2.80. The molecule has 17 heavy (non-hydrogen) atoms. The molecular weight excluding hydrogens is 217 g/mol. The lowest BCUT2D eigenvalue weighted by atomic mass is 9.89. The molecule has 1 atom stereocenters. The highest BCUT2D eigenvalue weighted by molar-refractivity contribution is 5.79. The highest BCUT2D eigenvalue weighted by Gasteiger charge is 2.13. The topological polar surface area (TPSA) is 36.4 Å². The van der Waals surface area contributed by atoms with Gasteiger partial charge in [-0.3, -0.25) is 9.38 Å². The smallest absolute Gasteiger partial charge is 0.191 e. The standard InChI is InChI=1S/C13H28FN3/c1-11(7-8-13(2,3)4)17-12(15-5)16-10-6-9-14/h11H,6-10H2,1-5H3,(H2,15,16,17). The maximum atomic E-state index is 12.0. The molecule has 0 amide bonds. The largest absolute Gasteiger partial charge is 0.356 e. The molecular formula is C13H28FN3. The van der Waals surface area contributed by atoms with E-state index in [1.54, 1.807) is 7.05 Å². The molecule has 0 saturated carbocycles. The summed E-state index contributed by atoms with van der Waals surface area (Å²) < 4.78 is 12.0. The first kappa shape index (κ1) is 16.2. The van der Waals surface area contributed by atoms with Crippen molar-refractivity contribution in [2.75, 3.05) is 20.3 Å². The van der Waals surface area contributed by atoms with Gasteiger partial charge in [-0.15, -0.1) is 0 Å². The van der Waals surface area contributed by atoms with Crippen LogP contribution in [0.4, 0.5) is 4.39 Å². The summed E-state index contributed by atoms with van der Waals surface area (Å²) in [5.74, 6) is 0.764. The van der Waals surface area contributed by atoms with E-state index < -0.39 is 0 Å². The summed E-state index contributed by atoms with van der Waals surface area (Å²) in [6, 6.07) is 0.380. The number of alkyl halides is 1. The number of halogens is 1. The van der Waals surface area contributed by atoms with Gasteiger partial charge in [-0.1, -0.05) is 20.8 Å². The number of nitrogens with one attached hydrogen (secondary N) is 2. The molecule has 0 aliphatic rings. The highest BCUT2D eigenvalue weighted by atomic mass is 19.1. The van der Waals surface area contributed by atoms with Gasteiger partial charge in [-0.2, -0.15) is 0 Å². The van der Waals surface area contributed by atoms with Crippen LogP contribution in [0.3, 0.4) is 0 Å². The summed E-state index contributed by atoms with van der Waals surface area (Å²) in [5, 5.41) is 6.41. The summed E-state index contributed by atoms with van der Waals surface area (Å²) in [5.41, 5.74) is 0.362. The lowest BCUT2D eigenvalue weighted by molar-refractivity contribution is 0.346. The SMILES string of the molecule is CN=C(NCCCF)NC(C)CCC(C)(C)C. The normalized spacial score (nSPS) is 14.6. The lowest BCUT2D eigenvalue weighted by Gasteiger charge is -2.23. The Morgan fingerprint density at radius 1 is 1.35 bits per heavy atom. The molecule has 0 fully saturated rings. The first-order valence-electron chi connectivity index (χ1n) is 6.42. The molecule has 0 bridgehead atoms. The van der Waals surface area contributed by atoms with Gasteiger partial charge in [0.2, 0.25) is 0 Å². The third kappa shape index (κ3) is 10.1. The second kappa shape index (κ2) is 8.31. The zero-order valence-corrected chi connectivity index (χ0v) is 11.9. The van der Waals surface area contributed by atoms with Crippen LogP contribution in [0.5, 0.6) is 0 Å². The Kier molecular flexibility index (Phi) is 7.92. The van der Waals surface area contributed by atoms with E-state index in [2.05, 4.69) is 43.3 Å². The van der Waals surface area contributed by atoms with Gasteiger partial charge in [0.05, 0.1) is 6.67 Å². The second-order valence-electron chi connectivity index (χ2n) is 5.69. The number of guanidine groups is 1. The van der Waals surface area contributed by atoms with Crippen LogP contribution in [0.15, 0.2) is 4.99 Å². The molecule has 1 unspecified atom stereocenters. The van der Waals surface area contributed by atoms with Crippen LogP contribution in [0, 0.1) is 5.41 Å². The van der Waals surface area contributed by atoms with Gasteiger partial charge in [0.15, 0.2) is 5.96 Å². The minimum atomic E-state index is -0.288. The van der Waals surface area contributed by atoms with Crippen LogP contribution in [-0.4, -0.2) is 32.3 Å². The molecule has 0 aliphatic heterocycles. The molecule has 0 rings (SSSR count). The van der Waals surface area contributed by atoms with Gasteiger partial charge in [0.25, 0.3) is 0 Å². The predicted molar refractivity (Wildman–Crippen MR) is 73.2 cm³/mol. The summed E-state index contributed by atoms with van der Waals surface area (Å²) >= 11 is 0. The fourth-order valence-corrected chi connectivity index (χ4v) is 1.42. The second-order valence-corrected chi connectivity index (χ2v) is 5.69. The third-order valence-corrected chi connectivity index (χ3v) is 2.54. The third-order valence-electron chi connectivity index (χ3n) is 2.54. The number of aliphatic imine (C=N–C) groups is 1. The van der Waals surface area contributed by atoms with Crippen molar-refractivity contribution in [2.24, 2.45) is 10.4 Å². The van der Waals surface area contributed by atoms with E-state index in [9.17, 15) is 4.39 Å². The average molecular weight is 245 g/mol. The minimum absolute atomic E-state index is 0.288. The van der Waals surface area contributed by atoms with Crippen molar-refractivity contribution in [3.8, 4) is 0 Å².